The van der Waals surface area contributed by atoms with Crippen molar-refractivity contribution in [3.05, 3.63) is 68.0 Å². The predicted molar refractivity (Wildman–Crippen MR) is 253 cm³/mol. The van der Waals surface area contributed by atoms with Gasteiger partial charge in [0.2, 0.25) is 0 Å². The quantitative estimate of drug-likeness (QED) is 0.0936. The zero-order valence-electron chi connectivity index (χ0n) is 38.7. The van der Waals surface area contributed by atoms with E-state index in [0.717, 1.165) is 62.9 Å². The summed E-state index contributed by atoms with van der Waals surface area (Å²) in [4.78, 5) is 24.1. The van der Waals surface area contributed by atoms with Crippen molar-refractivity contribution in [1.29, 1.82) is 0 Å². The summed E-state index contributed by atoms with van der Waals surface area (Å²) in [6, 6.07) is 3.47. The van der Waals surface area contributed by atoms with Crippen LogP contribution in [0.25, 0.3) is 12.2 Å². The second kappa shape index (κ2) is 27.7. The van der Waals surface area contributed by atoms with Gasteiger partial charge in [-0.05, 0) is 104 Å². The molecule has 4 heterocycles. The highest BCUT2D eigenvalue weighted by Gasteiger charge is 2.27. The lowest BCUT2D eigenvalue weighted by molar-refractivity contribution is 0.0160. The average Bonchev–Trinajstić information content (AvgIpc) is 3.90. The summed E-state index contributed by atoms with van der Waals surface area (Å²) in [6.07, 6.45) is 14.1. The second-order valence-electron chi connectivity index (χ2n) is 15.3. The summed E-state index contributed by atoms with van der Waals surface area (Å²) in [6.45, 7) is 13.6. The molecule has 1 aromatic carbocycles. The minimum absolute atomic E-state index is 0.0721. The molecule has 1 aromatic heterocycles. The van der Waals surface area contributed by atoms with Crippen LogP contribution in [0, 0.1) is 6.92 Å². The summed E-state index contributed by atoms with van der Waals surface area (Å²) < 4.78 is 45.3. The number of rotatable bonds is 28. The van der Waals surface area contributed by atoms with Crippen LogP contribution in [0.4, 0.5) is 11.4 Å². The number of H-pyrrole nitrogens is 1. The SMILES string of the molecule is CCC1=C(CC)C2/C=C3/N=C(C=Nc4cc(OCCOCCOCCOC)c(OCCOCCOCCOC)cc4N=C/C=c4/[nH]c(c(CCCO)c4C)=CC1=N2)C(C)=C3CCCO. The first-order valence-electron chi connectivity index (χ1n) is 22.6. The Balaban J connectivity index is 1.57. The van der Waals surface area contributed by atoms with E-state index in [0.29, 0.717) is 115 Å². The number of hydrogen-bond donors (Lipinski definition) is 3. The van der Waals surface area contributed by atoms with Crippen LogP contribution in [0.3, 0.4) is 0 Å². The van der Waals surface area contributed by atoms with Crippen LogP contribution in [0.15, 0.2) is 66.2 Å². The number of hydrogen-bond acceptors (Lipinski definition) is 14. The van der Waals surface area contributed by atoms with Gasteiger partial charge in [-0.25, -0.2) is 4.99 Å². The van der Waals surface area contributed by atoms with Gasteiger partial charge in [-0.2, -0.15) is 0 Å². The van der Waals surface area contributed by atoms with Gasteiger partial charge in [-0.1, -0.05) is 13.8 Å². The van der Waals surface area contributed by atoms with Crippen LogP contribution in [-0.4, -0.2) is 152 Å². The molecule has 15 nitrogen and oxygen atoms in total. The van der Waals surface area contributed by atoms with Crippen molar-refractivity contribution < 1.29 is 48.1 Å². The minimum atomic E-state index is -0.183. The van der Waals surface area contributed by atoms with Crippen LogP contribution in [-0.2, 0) is 34.8 Å². The molecule has 6 bridgehead atoms. The third kappa shape index (κ3) is 14.5. The molecule has 0 spiro atoms. The summed E-state index contributed by atoms with van der Waals surface area (Å²) in [5, 5.41) is 21.6. The highest BCUT2D eigenvalue weighted by Crippen LogP contribution is 2.41. The number of aliphatic imine (C=N–C) groups is 4. The Hall–Kier alpha value is -4.58. The number of fused-ring (bicyclic) bond motifs is 5. The molecule has 1 unspecified atom stereocenters. The van der Waals surface area contributed by atoms with Gasteiger partial charge in [0.15, 0.2) is 11.5 Å². The first-order chi connectivity index (χ1) is 31.4. The van der Waals surface area contributed by atoms with Crippen molar-refractivity contribution in [3.8, 4) is 11.5 Å². The molecule has 3 N–H and O–H groups in total. The molecule has 0 aliphatic carbocycles. The van der Waals surface area contributed by atoms with Gasteiger partial charge in [0.1, 0.15) is 13.2 Å². The maximum Gasteiger partial charge on any atom is 0.163 e. The smallest absolute Gasteiger partial charge is 0.163 e. The fourth-order valence-electron chi connectivity index (χ4n) is 7.68. The maximum absolute atomic E-state index is 9.88. The normalized spacial score (nSPS) is 17.3. The molecule has 0 fully saturated rings. The van der Waals surface area contributed by atoms with Crippen molar-refractivity contribution in [2.24, 2.45) is 20.0 Å². The van der Waals surface area contributed by atoms with Crippen molar-refractivity contribution in [1.82, 2.24) is 4.98 Å². The van der Waals surface area contributed by atoms with Gasteiger partial charge in [-0.3, -0.25) is 15.0 Å². The van der Waals surface area contributed by atoms with Gasteiger partial charge in [-0.15, -0.1) is 0 Å². The summed E-state index contributed by atoms with van der Waals surface area (Å²) in [7, 11) is 3.28. The number of aliphatic hydroxyl groups excluding tert-OH is 2. The zero-order valence-corrected chi connectivity index (χ0v) is 38.7. The lowest BCUT2D eigenvalue weighted by Gasteiger charge is -2.15. The average molecular weight is 888 g/mol. The maximum atomic E-state index is 9.88. The number of nitrogens with zero attached hydrogens (tertiary/aromatic N) is 4. The lowest BCUT2D eigenvalue weighted by Crippen LogP contribution is -2.15. The fraction of sp³-hybridized carbons (Fsp3) is 0.551. The summed E-state index contributed by atoms with van der Waals surface area (Å²) >= 11 is 0. The first-order valence-corrected chi connectivity index (χ1v) is 22.6. The van der Waals surface area contributed by atoms with Crippen LogP contribution in [0.2, 0.25) is 0 Å². The number of ether oxygens (including phenoxy) is 8. The van der Waals surface area contributed by atoms with Crippen molar-refractivity contribution in [2.75, 3.05) is 107 Å². The number of benzene rings is 1. The molecular formula is C49H69N5O10. The topological polar surface area (TPSA) is 180 Å². The van der Waals surface area contributed by atoms with Crippen molar-refractivity contribution >= 4 is 47.4 Å². The molecule has 3 aliphatic heterocycles. The number of aliphatic hydroxyl groups is 2. The number of nitrogens with one attached hydrogen (secondary N) is 1. The van der Waals surface area contributed by atoms with Crippen LogP contribution < -0.4 is 20.2 Å². The Kier molecular flexibility index (Phi) is 21.8. The number of methoxy groups -OCH3 is 2. The highest BCUT2D eigenvalue weighted by atomic mass is 16.6. The number of aromatic nitrogens is 1. The van der Waals surface area contributed by atoms with Crippen molar-refractivity contribution in [2.45, 2.75) is 72.3 Å². The standard InChI is InChI=1S/C49H69N5O10/c1-7-36-37(8-2)42-30-44-39(12-10-16-56)35(4)47(54-44)33-51-46-32-49(64-28-26-62-24-22-60-20-18-58-6)48(63-27-25-61-23-21-59-19-17-57-5)31-45(46)50-14-13-40-34(3)38(11-9-15-55)43(52-40)29-41(36)53-42/h13-14,29-33,42,52,55-56H,7-12,15-28H2,1-6H3/b40-13+,43-29?,44-30+,50-14?,51-33?. The van der Waals surface area contributed by atoms with Gasteiger partial charge >= 0.3 is 0 Å². The highest BCUT2D eigenvalue weighted by molar-refractivity contribution is 6.40. The molecule has 3 aliphatic rings. The van der Waals surface area contributed by atoms with E-state index in [-0.39, 0.29) is 32.5 Å². The second-order valence-corrected chi connectivity index (χ2v) is 15.3. The Labute approximate surface area is 378 Å². The third-order valence-corrected chi connectivity index (χ3v) is 11.1. The van der Waals surface area contributed by atoms with Crippen LogP contribution in [0.1, 0.15) is 64.0 Å². The van der Waals surface area contributed by atoms with E-state index in [4.69, 9.17) is 57.9 Å². The van der Waals surface area contributed by atoms with E-state index in [2.05, 4.69) is 44.8 Å². The third-order valence-electron chi connectivity index (χ3n) is 11.1. The minimum Gasteiger partial charge on any atom is -0.487 e. The summed E-state index contributed by atoms with van der Waals surface area (Å²) in [5.41, 5.74) is 10.4. The molecule has 1 atom stereocenters. The molecule has 15 heteroatoms. The molecule has 350 valence electrons. The van der Waals surface area contributed by atoms with Gasteiger partial charge in [0.05, 0.1) is 107 Å². The van der Waals surface area contributed by atoms with Crippen LogP contribution in [0.5, 0.6) is 11.5 Å². The Morgan fingerprint density at radius 1 is 0.656 bits per heavy atom. The van der Waals surface area contributed by atoms with Gasteiger partial charge in [0.25, 0.3) is 0 Å². The predicted octanol–water partition coefficient (Wildman–Crippen LogP) is 5.41. The Morgan fingerprint density at radius 3 is 1.81 bits per heavy atom. The Morgan fingerprint density at radius 2 is 1.23 bits per heavy atom. The van der Waals surface area contributed by atoms with E-state index in [1.165, 1.54) is 11.1 Å². The molecule has 0 saturated heterocycles. The fourth-order valence-corrected chi connectivity index (χ4v) is 7.68. The van der Waals surface area contributed by atoms with E-state index < -0.39 is 0 Å². The zero-order chi connectivity index (χ0) is 45.5. The molecule has 5 rings (SSSR count). The van der Waals surface area contributed by atoms with E-state index in [1.54, 1.807) is 26.6 Å². The number of allylic oxidation sites excluding steroid dienone is 3. The van der Waals surface area contributed by atoms with Crippen LogP contribution >= 0.6 is 0 Å². The lowest BCUT2D eigenvalue weighted by atomic mass is 9.95. The molecule has 0 radical (unpaired) electrons. The number of aromatic amines is 1. The summed E-state index contributed by atoms with van der Waals surface area (Å²) in [5.74, 6) is 0.947. The molecule has 2 aromatic rings. The van der Waals surface area contributed by atoms with Gasteiger partial charge < -0.3 is 53.1 Å². The van der Waals surface area contributed by atoms with E-state index in [9.17, 15) is 10.2 Å². The Bertz CT molecular complexity index is 2170. The van der Waals surface area contributed by atoms with Crippen molar-refractivity contribution in [3.63, 3.8) is 0 Å². The monoisotopic (exact) mass is 888 g/mol. The molecular weight excluding hydrogens is 819 g/mol. The first kappa shape index (κ1) is 50.4. The van der Waals surface area contributed by atoms with E-state index >= 15 is 0 Å². The molecule has 64 heavy (non-hydrogen) atoms. The van der Waals surface area contributed by atoms with E-state index in [1.807, 2.05) is 18.2 Å². The van der Waals surface area contributed by atoms with Gasteiger partial charge in [0, 0.05) is 56.5 Å². The largest absolute Gasteiger partial charge is 0.487 e. The molecule has 0 saturated carbocycles. The molecule has 0 amide bonds.